The minimum atomic E-state index is -0.933. The fourth-order valence-corrected chi connectivity index (χ4v) is 2.40. The van der Waals surface area contributed by atoms with Crippen molar-refractivity contribution < 1.29 is 14.6 Å². The minimum Gasteiger partial charge on any atom is -0.492 e. The van der Waals surface area contributed by atoms with Crippen molar-refractivity contribution in [1.82, 2.24) is 0 Å². The van der Waals surface area contributed by atoms with Gasteiger partial charge in [-0.05, 0) is 37.1 Å². The summed E-state index contributed by atoms with van der Waals surface area (Å²) in [5.74, 6) is -0.0659. The van der Waals surface area contributed by atoms with Gasteiger partial charge in [0.05, 0.1) is 6.61 Å². The highest BCUT2D eigenvalue weighted by atomic mass is 16.5. The van der Waals surface area contributed by atoms with Crippen LogP contribution in [0.5, 0.6) is 5.75 Å². The maximum absolute atomic E-state index is 10.7. The third kappa shape index (κ3) is 4.10. The predicted octanol–water partition coefficient (Wildman–Crippen LogP) is 4.38. The first-order valence-corrected chi connectivity index (χ1v) is 7.33. The molecule has 0 amide bonds. The van der Waals surface area contributed by atoms with Crippen LogP contribution in [0, 0.1) is 12.3 Å². The van der Waals surface area contributed by atoms with E-state index in [0.717, 1.165) is 16.9 Å². The lowest BCUT2D eigenvalue weighted by atomic mass is 9.90. The van der Waals surface area contributed by atoms with Gasteiger partial charge < -0.3 is 9.84 Å². The highest BCUT2D eigenvalue weighted by Crippen LogP contribution is 2.36. The number of hydrogen-bond donors (Lipinski definition) is 1. The number of rotatable bonds is 3. The molecule has 1 aromatic carbocycles. The molecule has 2 rings (SSSR count). The van der Waals surface area contributed by atoms with Gasteiger partial charge in [-0.25, -0.2) is 4.79 Å². The molecule has 0 aromatic heterocycles. The second-order valence-corrected chi connectivity index (χ2v) is 6.44. The summed E-state index contributed by atoms with van der Waals surface area (Å²) in [5, 5.41) is 8.80. The number of benzene rings is 1. The lowest BCUT2D eigenvalue weighted by Gasteiger charge is -2.18. The molecule has 22 heavy (non-hydrogen) atoms. The van der Waals surface area contributed by atoms with Crippen molar-refractivity contribution in [1.29, 1.82) is 0 Å². The van der Waals surface area contributed by atoms with Crippen molar-refractivity contribution in [3.8, 4) is 5.75 Å². The van der Waals surface area contributed by atoms with E-state index in [1.165, 1.54) is 11.6 Å². The number of fused-ring (bicyclic) bond motifs is 1. The molecule has 0 spiro atoms. The number of hydrogen-bond acceptors (Lipinski definition) is 2. The number of carboxylic acid groups (broad SMARTS) is 1. The van der Waals surface area contributed by atoms with Crippen molar-refractivity contribution in [2.24, 2.45) is 5.41 Å². The number of carbonyl (C=O) groups is 1. The topological polar surface area (TPSA) is 46.5 Å². The zero-order valence-corrected chi connectivity index (χ0v) is 13.5. The van der Waals surface area contributed by atoms with Crippen molar-refractivity contribution >= 4 is 11.5 Å². The van der Waals surface area contributed by atoms with E-state index in [1.807, 2.05) is 31.2 Å². The van der Waals surface area contributed by atoms with Gasteiger partial charge in [0, 0.05) is 17.1 Å². The van der Waals surface area contributed by atoms with Crippen LogP contribution in [0.15, 0.2) is 48.1 Å². The van der Waals surface area contributed by atoms with Crippen LogP contribution < -0.4 is 4.74 Å². The first-order chi connectivity index (χ1) is 10.3. The van der Waals surface area contributed by atoms with E-state index >= 15 is 0 Å². The molecule has 1 N–H and O–H groups in total. The average Bonchev–Trinajstić information content (AvgIpc) is 2.53. The van der Waals surface area contributed by atoms with E-state index in [-0.39, 0.29) is 5.41 Å². The smallest absolute Gasteiger partial charge is 0.328 e. The largest absolute Gasteiger partial charge is 0.492 e. The Bertz CT molecular complexity index is 676. The van der Waals surface area contributed by atoms with Crippen LogP contribution in [0.25, 0.3) is 5.57 Å². The lowest BCUT2D eigenvalue weighted by molar-refractivity contribution is -0.131. The predicted molar refractivity (Wildman–Crippen MR) is 89.0 cm³/mol. The number of allylic oxidation sites excluding steroid dienone is 4. The third-order valence-electron chi connectivity index (χ3n) is 3.47. The zero-order chi connectivity index (χ0) is 16.3. The second kappa shape index (κ2) is 6.22. The first kappa shape index (κ1) is 16.1. The molecule has 116 valence electrons. The van der Waals surface area contributed by atoms with Gasteiger partial charge in [0.25, 0.3) is 0 Å². The van der Waals surface area contributed by atoms with Crippen molar-refractivity contribution in [2.75, 3.05) is 6.61 Å². The fourth-order valence-electron chi connectivity index (χ4n) is 2.40. The molecular formula is C19H22O3. The highest BCUT2D eigenvalue weighted by Gasteiger charge is 2.22. The fraction of sp³-hybridized carbons (Fsp3) is 0.316. The van der Waals surface area contributed by atoms with Gasteiger partial charge >= 0.3 is 5.97 Å². The van der Waals surface area contributed by atoms with E-state index in [4.69, 9.17) is 9.84 Å². The summed E-state index contributed by atoms with van der Waals surface area (Å²) in [6.45, 7) is 8.69. The van der Waals surface area contributed by atoms with Crippen molar-refractivity contribution in [3.05, 3.63) is 59.2 Å². The number of carboxylic acids is 1. The molecule has 1 aromatic rings. The zero-order valence-electron chi connectivity index (χ0n) is 13.5. The first-order valence-electron chi connectivity index (χ1n) is 7.33. The Labute approximate surface area is 131 Å². The molecule has 0 aliphatic carbocycles. The molecule has 0 fully saturated rings. The van der Waals surface area contributed by atoms with Gasteiger partial charge in [-0.15, -0.1) is 0 Å². The summed E-state index contributed by atoms with van der Waals surface area (Å²) in [6, 6.07) is 6.13. The summed E-state index contributed by atoms with van der Waals surface area (Å²) < 4.78 is 5.93. The van der Waals surface area contributed by atoms with Crippen LogP contribution in [0.4, 0.5) is 0 Å². The Morgan fingerprint density at radius 3 is 2.77 bits per heavy atom. The standard InChI is InChI=1S/C19H22O3/c1-13-6-8-17-16(9-13)15(11-19(3,4)12-22-17)7-5-14(2)10-18(20)21/h5-11H,12H2,1-4H3,(H,20,21)/b7-5+,14-10+. The SMILES string of the molecule is CC(/C=C/C1=CC(C)(C)COc2ccc(C)cc21)=C\C(=O)O. The molecule has 0 radical (unpaired) electrons. The molecule has 0 saturated heterocycles. The maximum Gasteiger partial charge on any atom is 0.328 e. The second-order valence-electron chi connectivity index (χ2n) is 6.44. The van der Waals surface area contributed by atoms with Crippen LogP contribution in [-0.2, 0) is 4.79 Å². The molecule has 3 nitrogen and oxygen atoms in total. The van der Waals surface area contributed by atoms with Crippen molar-refractivity contribution in [2.45, 2.75) is 27.7 Å². The molecule has 0 atom stereocenters. The molecule has 1 aliphatic heterocycles. The Hall–Kier alpha value is -2.29. The van der Waals surface area contributed by atoms with Crippen LogP contribution >= 0.6 is 0 Å². The summed E-state index contributed by atoms with van der Waals surface area (Å²) in [4.78, 5) is 10.7. The van der Waals surface area contributed by atoms with Gasteiger partial charge in [0.15, 0.2) is 0 Å². The van der Waals surface area contributed by atoms with Gasteiger partial charge in [-0.3, -0.25) is 0 Å². The van der Waals surface area contributed by atoms with Crippen LogP contribution in [0.1, 0.15) is 31.9 Å². The molecular weight excluding hydrogens is 276 g/mol. The number of ether oxygens (including phenoxy) is 1. The van der Waals surface area contributed by atoms with E-state index in [9.17, 15) is 4.79 Å². The monoisotopic (exact) mass is 298 g/mol. The summed E-state index contributed by atoms with van der Waals surface area (Å²) >= 11 is 0. The lowest BCUT2D eigenvalue weighted by Crippen LogP contribution is -2.17. The molecule has 0 unspecified atom stereocenters. The highest BCUT2D eigenvalue weighted by molar-refractivity contribution is 5.82. The molecule has 0 saturated carbocycles. The average molecular weight is 298 g/mol. The maximum atomic E-state index is 10.7. The van der Waals surface area contributed by atoms with E-state index in [0.29, 0.717) is 12.2 Å². The van der Waals surface area contributed by atoms with E-state index in [1.54, 1.807) is 6.92 Å². The third-order valence-corrected chi connectivity index (χ3v) is 3.47. The van der Waals surface area contributed by atoms with Crippen LogP contribution in [-0.4, -0.2) is 17.7 Å². The van der Waals surface area contributed by atoms with Crippen LogP contribution in [0.2, 0.25) is 0 Å². The summed E-state index contributed by atoms with van der Waals surface area (Å²) in [6.07, 6.45) is 7.17. The number of aryl methyl sites for hydroxylation is 1. The van der Waals surface area contributed by atoms with E-state index < -0.39 is 5.97 Å². The van der Waals surface area contributed by atoms with Gasteiger partial charge in [-0.1, -0.05) is 43.7 Å². The minimum absolute atomic E-state index is 0.0863. The van der Waals surface area contributed by atoms with E-state index in [2.05, 4.69) is 26.0 Å². The Morgan fingerprint density at radius 1 is 1.36 bits per heavy atom. The molecule has 1 aliphatic rings. The van der Waals surface area contributed by atoms with Gasteiger partial charge in [0.2, 0.25) is 0 Å². The van der Waals surface area contributed by atoms with Crippen molar-refractivity contribution in [3.63, 3.8) is 0 Å². The van der Waals surface area contributed by atoms with Gasteiger partial charge in [-0.2, -0.15) is 0 Å². The molecule has 1 heterocycles. The molecule has 0 bridgehead atoms. The molecule has 3 heteroatoms. The Balaban J connectivity index is 2.46. The Morgan fingerprint density at radius 2 is 2.09 bits per heavy atom. The van der Waals surface area contributed by atoms with Crippen LogP contribution in [0.3, 0.4) is 0 Å². The quantitative estimate of drug-likeness (QED) is 0.665. The van der Waals surface area contributed by atoms with Gasteiger partial charge in [0.1, 0.15) is 5.75 Å². The summed E-state index contributed by atoms with van der Waals surface area (Å²) in [7, 11) is 0. The Kier molecular flexibility index (Phi) is 4.55. The normalized spacial score (nSPS) is 17.5. The number of aliphatic carboxylic acids is 1. The summed E-state index contributed by atoms with van der Waals surface area (Å²) in [5.41, 5.74) is 3.88.